The van der Waals surface area contributed by atoms with Crippen LogP contribution >= 0.6 is 11.6 Å². The molecule has 0 heterocycles. The van der Waals surface area contributed by atoms with Crippen molar-refractivity contribution in [2.45, 2.75) is 20.8 Å². The van der Waals surface area contributed by atoms with Crippen LogP contribution in [0, 0.1) is 11.3 Å². The number of halogens is 1. The first-order valence-electron chi connectivity index (χ1n) is 6.95. The van der Waals surface area contributed by atoms with Crippen LogP contribution in [0.2, 0.25) is 0 Å². The molecule has 24 heavy (non-hydrogen) atoms. The number of amides is 1. The molecule has 0 unspecified atom stereocenters. The van der Waals surface area contributed by atoms with Crippen molar-refractivity contribution in [2.24, 2.45) is 0 Å². The number of rotatable bonds is 4. The largest absolute Gasteiger partial charge is 0.478 e. The second-order valence-corrected chi connectivity index (χ2v) is 5.06. The minimum Gasteiger partial charge on any atom is -0.478 e. The highest BCUT2D eigenvalue weighted by molar-refractivity contribution is 6.31. The Balaban J connectivity index is 0.00000118. The lowest BCUT2D eigenvalue weighted by atomic mass is 10.1. The van der Waals surface area contributed by atoms with Gasteiger partial charge in [-0.15, -0.1) is 0 Å². The van der Waals surface area contributed by atoms with E-state index >= 15 is 0 Å². The van der Waals surface area contributed by atoms with Crippen molar-refractivity contribution >= 4 is 29.2 Å². The Bertz CT molecular complexity index is 724. The second-order valence-electron chi connectivity index (χ2n) is 4.57. The van der Waals surface area contributed by atoms with Crippen LogP contribution in [0.3, 0.4) is 0 Å². The van der Waals surface area contributed by atoms with Crippen LogP contribution in [0.15, 0.2) is 53.6 Å². The summed E-state index contributed by atoms with van der Waals surface area (Å²) in [4.78, 5) is 22.9. The summed E-state index contributed by atoms with van der Waals surface area (Å²) in [5.74, 6) is -1.74. The fourth-order valence-corrected chi connectivity index (χ4v) is 1.58. The maximum absolute atomic E-state index is 11.8. The smallest absolute Gasteiger partial charge is 0.337 e. The molecule has 5 nitrogen and oxygen atoms in total. The Kier molecular flexibility index (Phi) is 9.53. The first-order chi connectivity index (χ1) is 11.3. The monoisotopic (exact) mass is 346 g/mol. The summed E-state index contributed by atoms with van der Waals surface area (Å²) in [5, 5.41) is 20.5. The number of carbonyl (C=O) groups is 2. The summed E-state index contributed by atoms with van der Waals surface area (Å²) in [6, 6.07) is 5.81. The molecule has 0 atom stereocenters. The predicted molar refractivity (Wildman–Crippen MR) is 96.0 cm³/mol. The third kappa shape index (κ3) is 7.43. The van der Waals surface area contributed by atoms with Gasteiger partial charge in [-0.3, -0.25) is 4.79 Å². The predicted octanol–water partition coefficient (Wildman–Crippen LogP) is 4.48. The molecule has 0 saturated carbocycles. The molecule has 1 aromatic carbocycles. The van der Waals surface area contributed by atoms with Gasteiger partial charge in [0.2, 0.25) is 0 Å². The summed E-state index contributed by atoms with van der Waals surface area (Å²) in [6.07, 6.45) is 5.36. The van der Waals surface area contributed by atoms with Crippen LogP contribution in [0.5, 0.6) is 0 Å². The summed E-state index contributed by atoms with van der Waals surface area (Å²) in [5.41, 5.74) is 0.428. The Labute approximate surface area is 146 Å². The minimum atomic E-state index is -1.24. The number of carbonyl (C=O) groups excluding carboxylic acids is 1. The van der Waals surface area contributed by atoms with Crippen LogP contribution in [0.25, 0.3) is 0 Å². The van der Waals surface area contributed by atoms with Gasteiger partial charge in [0, 0.05) is 10.6 Å². The summed E-state index contributed by atoms with van der Waals surface area (Å²) < 4.78 is 0. The van der Waals surface area contributed by atoms with Crippen LogP contribution in [0.1, 0.15) is 36.7 Å². The van der Waals surface area contributed by atoms with Gasteiger partial charge in [-0.1, -0.05) is 30.3 Å². The van der Waals surface area contributed by atoms with Crippen molar-refractivity contribution in [1.29, 1.82) is 5.26 Å². The standard InChI is InChI=1S/C14H11ClN2O3.C4H8/c1-8(5-9(2)15)13(18)17-12-4-3-10(7-16)6-11(12)14(19)20;1-3-4-2/h3-6H,2H2,1H3,(H,17,18)(H,19,20);3-4H,1-2H3/b8-5+;4-3-. The lowest BCUT2D eigenvalue weighted by Crippen LogP contribution is -2.15. The van der Waals surface area contributed by atoms with Crippen molar-refractivity contribution in [2.75, 3.05) is 5.32 Å². The van der Waals surface area contributed by atoms with E-state index in [2.05, 4.69) is 11.9 Å². The van der Waals surface area contributed by atoms with E-state index in [-0.39, 0.29) is 27.4 Å². The zero-order valence-corrected chi connectivity index (χ0v) is 14.5. The summed E-state index contributed by atoms with van der Waals surface area (Å²) in [7, 11) is 0. The van der Waals surface area contributed by atoms with Gasteiger partial charge in [0.25, 0.3) is 5.91 Å². The van der Waals surface area contributed by atoms with Crippen molar-refractivity contribution < 1.29 is 14.7 Å². The molecule has 0 radical (unpaired) electrons. The molecule has 0 spiro atoms. The van der Waals surface area contributed by atoms with E-state index in [0.29, 0.717) is 0 Å². The molecule has 6 heteroatoms. The zero-order chi connectivity index (χ0) is 18.7. The molecule has 0 aliphatic carbocycles. The van der Waals surface area contributed by atoms with Crippen molar-refractivity contribution in [3.63, 3.8) is 0 Å². The number of hydrogen-bond acceptors (Lipinski definition) is 3. The highest BCUT2D eigenvalue weighted by atomic mass is 35.5. The average Bonchev–Trinajstić information content (AvgIpc) is 2.54. The number of carboxylic acid groups (broad SMARTS) is 1. The lowest BCUT2D eigenvalue weighted by molar-refractivity contribution is -0.112. The van der Waals surface area contributed by atoms with Gasteiger partial charge in [0.05, 0.1) is 22.9 Å². The molecule has 0 aromatic heterocycles. The fraction of sp³-hybridized carbons (Fsp3) is 0.167. The van der Waals surface area contributed by atoms with Crippen molar-refractivity contribution in [3.05, 3.63) is 64.7 Å². The van der Waals surface area contributed by atoms with E-state index in [1.54, 1.807) is 0 Å². The van der Waals surface area contributed by atoms with Crippen molar-refractivity contribution in [1.82, 2.24) is 0 Å². The SMILES string of the molecule is C/C=C\C.C=C(Cl)/C=C(\C)C(=O)Nc1ccc(C#N)cc1C(=O)O. The van der Waals surface area contributed by atoms with E-state index in [4.69, 9.17) is 22.0 Å². The average molecular weight is 347 g/mol. The first-order valence-corrected chi connectivity index (χ1v) is 7.33. The number of nitriles is 1. The van der Waals surface area contributed by atoms with Gasteiger partial charge >= 0.3 is 5.97 Å². The Morgan fingerprint density at radius 2 is 1.92 bits per heavy atom. The number of carboxylic acids is 1. The van der Waals surface area contributed by atoms with E-state index in [0.717, 1.165) is 0 Å². The zero-order valence-electron chi connectivity index (χ0n) is 13.8. The number of hydrogen-bond donors (Lipinski definition) is 2. The Morgan fingerprint density at radius 1 is 1.33 bits per heavy atom. The Morgan fingerprint density at radius 3 is 2.33 bits per heavy atom. The second kappa shape index (κ2) is 10.8. The molecular weight excluding hydrogens is 328 g/mol. The topological polar surface area (TPSA) is 90.2 Å². The van der Waals surface area contributed by atoms with Crippen LogP contribution in [0.4, 0.5) is 5.69 Å². The minimum absolute atomic E-state index is 0.106. The molecule has 0 fully saturated rings. The number of nitrogens with one attached hydrogen (secondary N) is 1. The van der Waals surface area contributed by atoms with Gasteiger partial charge in [-0.25, -0.2) is 4.79 Å². The molecule has 1 aromatic rings. The van der Waals surface area contributed by atoms with Gasteiger partial charge < -0.3 is 10.4 Å². The van der Waals surface area contributed by atoms with Gasteiger partial charge in [0.15, 0.2) is 0 Å². The maximum atomic E-state index is 11.8. The van der Waals surface area contributed by atoms with E-state index in [1.807, 2.05) is 32.1 Å². The molecule has 2 N–H and O–H groups in total. The highest BCUT2D eigenvalue weighted by Gasteiger charge is 2.14. The van der Waals surface area contributed by atoms with Crippen LogP contribution < -0.4 is 5.32 Å². The lowest BCUT2D eigenvalue weighted by Gasteiger charge is -2.09. The summed E-state index contributed by atoms with van der Waals surface area (Å²) in [6.45, 7) is 8.95. The number of aromatic carboxylic acids is 1. The molecule has 1 amide bonds. The van der Waals surface area contributed by atoms with Crippen LogP contribution in [-0.2, 0) is 4.79 Å². The number of nitrogens with zero attached hydrogens (tertiary/aromatic N) is 1. The van der Waals surface area contributed by atoms with Crippen molar-refractivity contribution in [3.8, 4) is 6.07 Å². The molecule has 0 aliphatic heterocycles. The molecular formula is C18H19ClN2O3. The number of anilines is 1. The molecule has 0 bridgehead atoms. The molecule has 0 aliphatic rings. The Hall–Kier alpha value is -2.84. The van der Waals surface area contributed by atoms with E-state index in [1.165, 1.54) is 31.2 Å². The molecule has 1 rings (SSSR count). The van der Waals surface area contributed by atoms with Gasteiger partial charge in [-0.2, -0.15) is 5.26 Å². The van der Waals surface area contributed by atoms with Gasteiger partial charge in [-0.05, 0) is 45.0 Å². The van der Waals surface area contributed by atoms with Crippen LogP contribution in [-0.4, -0.2) is 17.0 Å². The molecule has 0 saturated heterocycles. The quantitative estimate of drug-likeness (QED) is 0.478. The maximum Gasteiger partial charge on any atom is 0.337 e. The molecule has 126 valence electrons. The third-order valence-corrected chi connectivity index (χ3v) is 2.80. The summed E-state index contributed by atoms with van der Waals surface area (Å²) >= 11 is 5.56. The third-order valence-electron chi connectivity index (χ3n) is 2.69. The van der Waals surface area contributed by atoms with E-state index < -0.39 is 11.9 Å². The van der Waals surface area contributed by atoms with E-state index in [9.17, 15) is 9.59 Å². The number of allylic oxidation sites excluding steroid dienone is 4. The number of benzene rings is 1. The first kappa shape index (κ1) is 21.2. The normalized spacial score (nSPS) is 10.4. The fourth-order valence-electron chi connectivity index (χ4n) is 1.42. The van der Waals surface area contributed by atoms with Gasteiger partial charge in [0.1, 0.15) is 0 Å². The highest BCUT2D eigenvalue weighted by Crippen LogP contribution is 2.18.